The van der Waals surface area contributed by atoms with Crippen LogP contribution in [0.5, 0.6) is 0 Å². The van der Waals surface area contributed by atoms with E-state index in [1.54, 1.807) is 6.07 Å². The van der Waals surface area contributed by atoms with Gasteiger partial charge in [0.05, 0.1) is 0 Å². The summed E-state index contributed by atoms with van der Waals surface area (Å²) in [6.45, 7) is 0.555. The van der Waals surface area contributed by atoms with Crippen LogP contribution in [0.1, 0.15) is 30.6 Å². The molecule has 2 aliphatic rings. The third kappa shape index (κ3) is 3.30. The van der Waals surface area contributed by atoms with Crippen LogP contribution in [0.3, 0.4) is 0 Å². The Kier molecular flexibility index (Phi) is 4.07. The quantitative estimate of drug-likeness (QED) is 0.858. The summed E-state index contributed by atoms with van der Waals surface area (Å²) in [4.78, 5) is 13.0. The summed E-state index contributed by atoms with van der Waals surface area (Å²) in [5.41, 5.74) is 0. The molecule has 21 heavy (non-hydrogen) atoms. The first-order valence-electron chi connectivity index (χ1n) is 7.36. The molecule has 1 aromatic rings. The Morgan fingerprint density at radius 2 is 1.95 bits per heavy atom. The number of hydrogen-bond acceptors (Lipinski definition) is 4. The minimum absolute atomic E-state index is 0.176. The molecule has 2 unspecified atom stereocenters. The first-order valence-corrected chi connectivity index (χ1v) is 9.72. The van der Waals surface area contributed by atoms with Gasteiger partial charge in [-0.3, -0.25) is 4.79 Å². The molecular formula is C14H20N2O3S2. The van der Waals surface area contributed by atoms with E-state index in [0.717, 1.165) is 4.88 Å². The van der Waals surface area contributed by atoms with Crippen molar-refractivity contribution in [2.75, 3.05) is 6.54 Å². The SMILES string of the molecule is NS(=O)(=O)c1ccc(CCNC(=O)C2C3CCCCC32)s1. The van der Waals surface area contributed by atoms with Crippen molar-refractivity contribution in [1.29, 1.82) is 0 Å². The highest BCUT2D eigenvalue weighted by atomic mass is 32.2. The Morgan fingerprint density at radius 1 is 1.29 bits per heavy atom. The van der Waals surface area contributed by atoms with Gasteiger partial charge in [0.2, 0.25) is 15.9 Å². The molecule has 2 saturated carbocycles. The first-order chi connectivity index (χ1) is 9.97. The number of carbonyl (C=O) groups is 1. The number of sulfonamides is 1. The van der Waals surface area contributed by atoms with Gasteiger partial charge in [-0.05, 0) is 43.2 Å². The summed E-state index contributed by atoms with van der Waals surface area (Å²) in [5.74, 6) is 1.65. The lowest BCUT2D eigenvalue weighted by Crippen LogP contribution is -2.28. The summed E-state index contributed by atoms with van der Waals surface area (Å²) < 4.78 is 22.6. The van der Waals surface area contributed by atoms with E-state index in [1.165, 1.54) is 43.1 Å². The van der Waals surface area contributed by atoms with E-state index >= 15 is 0 Å². The number of hydrogen-bond donors (Lipinski definition) is 2. The maximum absolute atomic E-state index is 12.1. The molecule has 0 saturated heterocycles. The van der Waals surface area contributed by atoms with Gasteiger partial charge in [0.15, 0.2) is 0 Å². The number of thiophene rings is 1. The molecule has 1 amide bonds. The molecule has 0 spiro atoms. The van der Waals surface area contributed by atoms with Gasteiger partial charge in [0, 0.05) is 17.3 Å². The van der Waals surface area contributed by atoms with Crippen LogP contribution in [0.25, 0.3) is 0 Å². The number of fused-ring (bicyclic) bond motifs is 1. The monoisotopic (exact) mass is 328 g/mol. The van der Waals surface area contributed by atoms with Crippen LogP contribution in [0.4, 0.5) is 0 Å². The lowest BCUT2D eigenvalue weighted by Gasteiger charge is -2.04. The molecule has 116 valence electrons. The van der Waals surface area contributed by atoms with E-state index in [9.17, 15) is 13.2 Å². The van der Waals surface area contributed by atoms with Gasteiger partial charge in [-0.2, -0.15) is 0 Å². The highest BCUT2D eigenvalue weighted by Gasteiger charge is 2.54. The summed E-state index contributed by atoms with van der Waals surface area (Å²) in [7, 11) is -3.61. The van der Waals surface area contributed by atoms with E-state index in [-0.39, 0.29) is 16.0 Å². The third-order valence-corrected chi connectivity index (χ3v) is 7.13. The Balaban J connectivity index is 1.46. The molecule has 0 radical (unpaired) electrons. The molecule has 3 rings (SSSR count). The van der Waals surface area contributed by atoms with Gasteiger partial charge in [0.25, 0.3) is 0 Å². The van der Waals surface area contributed by atoms with Crippen molar-refractivity contribution in [1.82, 2.24) is 5.32 Å². The second-order valence-corrected chi connectivity index (χ2v) is 8.90. The third-order valence-electron chi connectivity index (χ3n) is 4.55. The van der Waals surface area contributed by atoms with E-state index in [2.05, 4.69) is 5.32 Å². The average molecular weight is 328 g/mol. The van der Waals surface area contributed by atoms with Gasteiger partial charge < -0.3 is 5.32 Å². The van der Waals surface area contributed by atoms with Crippen molar-refractivity contribution < 1.29 is 13.2 Å². The molecule has 2 fully saturated rings. The molecule has 1 aromatic heterocycles. The molecule has 1 heterocycles. The standard InChI is InChI=1S/C14H20N2O3S2/c15-21(18,19)12-6-5-9(20-12)7-8-16-14(17)13-10-3-1-2-4-11(10)13/h5-6,10-11,13H,1-4,7-8H2,(H,16,17)(H2,15,18,19). The minimum atomic E-state index is -3.61. The van der Waals surface area contributed by atoms with Crippen molar-refractivity contribution in [2.24, 2.45) is 22.9 Å². The van der Waals surface area contributed by atoms with Crippen LogP contribution >= 0.6 is 11.3 Å². The summed E-state index contributed by atoms with van der Waals surface area (Å²) in [6.07, 6.45) is 5.57. The number of amides is 1. The van der Waals surface area contributed by atoms with Gasteiger partial charge >= 0.3 is 0 Å². The summed E-state index contributed by atoms with van der Waals surface area (Å²) >= 11 is 1.17. The van der Waals surface area contributed by atoms with Crippen LogP contribution in [0, 0.1) is 17.8 Å². The zero-order valence-corrected chi connectivity index (χ0v) is 13.4. The highest BCUT2D eigenvalue weighted by molar-refractivity contribution is 7.91. The average Bonchev–Trinajstić information content (AvgIpc) is 2.96. The molecule has 7 heteroatoms. The van der Waals surface area contributed by atoms with Crippen molar-refractivity contribution in [3.8, 4) is 0 Å². The largest absolute Gasteiger partial charge is 0.355 e. The zero-order valence-electron chi connectivity index (χ0n) is 11.7. The predicted octanol–water partition coefficient (Wildman–Crippen LogP) is 1.49. The van der Waals surface area contributed by atoms with Crippen LogP contribution in [0.2, 0.25) is 0 Å². The number of nitrogens with two attached hydrogens (primary N) is 1. The van der Waals surface area contributed by atoms with Crippen molar-refractivity contribution >= 4 is 27.3 Å². The fourth-order valence-electron chi connectivity index (χ4n) is 3.45. The molecule has 0 bridgehead atoms. The lowest BCUT2D eigenvalue weighted by molar-refractivity contribution is -0.122. The van der Waals surface area contributed by atoms with Gasteiger partial charge in [-0.1, -0.05) is 12.8 Å². The van der Waals surface area contributed by atoms with Crippen LogP contribution in [0.15, 0.2) is 16.3 Å². The maximum atomic E-state index is 12.1. The van der Waals surface area contributed by atoms with Gasteiger partial charge in [0.1, 0.15) is 4.21 Å². The Morgan fingerprint density at radius 3 is 2.52 bits per heavy atom. The molecule has 2 aliphatic carbocycles. The smallest absolute Gasteiger partial charge is 0.247 e. The number of carbonyl (C=O) groups excluding carboxylic acids is 1. The van der Waals surface area contributed by atoms with Gasteiger partial charge in [-0.25, -0.2) is 13.6 Å². The Hall–Kier alpha value is -0.920. The fraction of sp³-hybridized carbons (Fsp3) is 0.643. The van der Waals surface area contributed by atoms with E-state index in [4.69, 9.17) is 5.14 Å². The molecular weight excluding hydrogens is 308 g/mol. The predicted molar refractivity (Wildman–Crippen MR) is 81.3 cm³/mol. The van der Waals surface area contributed by atoms with Crippen LogP contribution in [-0.2, 0) is 21.2 Å². The summed E-state index contributed by atoms with van der Waals surface area (Å²) in [6, 6.07) is 3.28. The Bertz CT molecular complexity index is 626. The topological polar surface area (TPSA) is 89.3 Å². The Labute approximate surface area is 129 Å². The highest BCUT2D eigenvalue weighted by Crippen LogP contribution is 2.55. The van der Waals surface area contributed by atoms with Crippen LogP contribution < -0.4 is 10.5 Å². The molecule has 0 aromatic carbocycles. The van der Waals surface area contributed by atoms with E-state index in [1.807, 2.05) is 0 Å². The van der Waals surface area contributed by atoms with Crippen molar-refractivity contribution in [3.63, 3.8) is 0 Å². The van der Waals surface area contributed by atoms with E-state index < -0.39 is 10.0 Å². The second-order valence-electron chi connectivity index (χ2n) is 5.94. The van der Waals surface area contributed by atoms with Crippen molar-refractivity contribution in [2.45, 2.75) is 36.3 Å². The second kappa shape index (κ2) is 5.70. The number of nitrogens with one attached hydrogen (secondary N) is 1. The first kappa shape index (κ1) is 15.0. The summed E-state index contributed by atoms with van der Waals surface area (Å²) in [5, 5.41) is 8.06. The fourth-order valence-corrected chi connectivity index (χ4v) is 5.23. The number of rotatable bonds is 5. The molecule has 3 N–H and O–H groups in total. The zero-order chi connectivity index (χ0) is 15.0. The van der Waals surface area contributed by atoms with E-state index in [0.29, 0.717) is 24.8 Å². The normalized spacial score (nSPS) is 28.0. The van der Waals surface area contributed by atoms with Crippen LogP contribution in [-0.4, -0.2) is 20.9 Å². The molecule has 2 atom stereocenters. The number of primary sulfonamides is 1. The lowest BCUT2D eigenvalue weighted by atomic mass is 10.0. The van der Waals surface area contributed by atoms with Gasteiger partial charge in [-0.15, -0.1) is 11.3 Å². The minimum Gasteiger partial charge on any atom is -0.355 e. The maximum Gasteiger partial charge on any atom is 0.247 e. The van der Waals surface area contributed by atoms with Crippen molar-refractivity contribution in [3.05, 3.63) is 17.0 Å². The molecule has 5 nitrogen and oxygen atoms in total. The molecule has 0 aliphatic heterocycles.